The Morgan fingerprint density at radius 1 is 1.18 bits per heavy atom. The first-order chi connectivity index (χ1) is 8.22. The Balaban J connectivity index is 2.86. The van der Waals surface area contributed by atoms with Crippen molar-refractivity contribution in [3.8, 4) is 0 Å². The van der Waals surface area contributed by atoms with Crippen LogP contribution in [0.4, 0.5) is 11.6 Å². The molecule has 0 fully saturated rings. The third-order valence-corrected chi connectivity index (χ3v) is 2.75. The summed E-state index contributed by atoms with van der Waals surface area (Å²) in [5, 5.41) is 6.75. The van der Waals surface area contributed by atoms with Crippen molar-refractivity contribution in [2.45, 2.75) is 53.0 Å². The van der Waals surface area contributed by atoms with E-state index < -0.39 is 0 Å². The summed E-state index contributed by atoms with van der Waals surface area (Å²) in [5.41, 5.74) is 1.18. The summed E-state index contributed by atoms with van der Waals surface area (Å²) < 4.78 is 0. The largest absolute Gasteiger partial charge is 0.370 e. The standard InChI is InChI=1S/C13H24N4/c1-5-8-10(4)17-13-11(6-2)12(14-7-3)15-9-16-13/h9-10H,5-8H2,1-4H3,(H2,14,15,16,17). The van der Waals surface area contributed by atoms with Crippen LogP contribution in [0.5, 0.6) is 0 Å². The lowest BCUT2D eigenvalue weighted by Gasteiger charge is -2.17. The minimum Gasteiger partial charge on any atom is -0.370 e. The number of hydrogen-bond donors (Lipinski definition) is 2. The van der Waals surface area contributed by atoms with Crippen LogP contribution in [0.3, 0.4) is 0 Å². The van der Waals surface area contributed by atoms with Gasteiger partial charge in [-0.1, -0.05) is 20.3 Å². The number of hydrogen-bond acceptors (Lipinski definition) is 4. The van der Waals surface area contributed by atoms with Crippen LogP contribution in [0.1, 0.15) is 46.1 Å². The quantitative estimate of drug-likeness (QED) is 0.764. The zero-order valence-corrected chi connectivity index (χ0v) is 11.4. The van der Waals surface area contributed by atoms with Crippen LogP contribution in [0.15, 0.2) is 6.33 Å². The summed E-state index contributed by atoms with van der Waals surface area (Å²) in [6, 6.07) is 0.453. The van der Waals surface area contributed by atoms with Crippen molar-refractivity contribution in [2.75, 3.05) is 17.2 Å². The van der Waals surface area contributed by atoms with Crippen molar-refractivity contribution in [1.29, 1.82) is 0 Å². The molecule has 17 heavy (non-hydrogen) atoms. The van der Waals surface area contributed by atoms with Crippen LogP contribution in [-0.2, 0) is 6.42 Å². The minimum absolute atomic E-state index is 0.453. The molecule has 1 atom stereocenters. The van der Waals surface area contributed by atoms with Crippen LogP contribution < -0.4 is 10.6 Å². The van der Waals surface area contributed by atoms with Crippen molar-refractivity contribution in [1.82, 2.24) is 9.97 Å². The molecule has 0 aliphatic rings. The lowest BCUT2D eigenvalue weighted by atomic mass is 10.1. The second-order valence-corrected chi connectivity index (χ2v) is 4.27. The first-order valence-corrected chi connectivity index (χ1v) is 6.57. The summed E-state index contributed by atoms with van der Waals surface area (Å²) in [7, 11) is 0. The van der Waals surface area contributed by atoms with Gasteiger partial charge in [-0.25, -0.2) is 9.97 Å². The molecule has 1 heterocycles. The summed E-state index contributed by atoms with van der Waals surface area (Å²) >= 11 is 0. The smallest absolute Gasteiger partial charge is 0.134 e. The number of rotatable bonds is 7. The molecule has 2 N–H and O–H groups in total. The average molecular weight is 236 g/mol. The minimum atomic E-state index is 0.453. The summed E-state index contributed by atoms with van der Waals surface area (Å²) in [5.74, 6) is 1.93. The van der Waals surface area contributed by atoms with E-state index in [9.17, 15) is 0 Å². The molecule has 0 radical (unpaired) electrons. The Bertz CT molecular complexity index is 338. The molecule has 0 aromatic carbocycles. The molecule has 96 valence electrons. The lowest BCUT2D eigenvalue weighted by molar-refractivity contribution is 0.685. The molecule has 0 saturated heterocycles. The Kier molecular flexibility index (Phi) is 5.73. The Labute approximate surface area is 104 Å². The highest BCUT2D eigenvalue weighted by Gasteiger charge is 2.10. The summed E-state index contributed by atoms with van der Waals surface area (Å²) in [6.07, 6.45) is 4.90. The van der Waals surface area contributed by atoms with Gasteiger partial charge in [0.25, 0.3) is 0 Å². The van der Waals surface area contributed by atoms with Gasteiger partial charge in [-0.05, 0) is 26.7 Å². The number of aromatic nitrogens is 2. The molecule has 1 rings (SSSR count). The van der Waals surface area contributed by atoms with Gasteiger partial charge in [-0.2, -0.15) is 0 Å². The van der Waals surface area contributed by atoms with Gasteiger partial charge in [0.15, 0.2) is 0 Å². The molecular formula is C13H24N4. The van der Waals surface area contributed by atoms with E-state index in [2.05, 4.69) is 48.3 Å². The maximum absolute atomic E-state index is 4.35. The predicted molar refractivity (Wildman–Crippen MR) is 73.6 cm³/mol. The maximum Gasteiger partial charge on any atom is 0.134 e. The van der Waals surface area contributed by atoms with Crippen molar-refractivity contribution in [3.05, 3.63) is 11.9 Å². The van der Waals surface area contributed by atoms with E-state index in [1.54, 1.807) is 6.33 Å². The fourth-order valence-electron chi connectivity index (χ4n) is 1.93. The first kappa shape index (κ1) is 13.7. The molecule has 0 aliphatic carbocycles. The second kappa shape index (κ2) is 7.09. The van der Waals surface area contributed by atoms with Gasteiger partial charge in [-0.3, -0.25) is 0 Å². The average Bonchev–Trinajstić information content (AvgIpc) is 2.30. The fraction of sp³-hybridized carbons (Fsp3) is 0.692. The molecule has 0 spiro atoms. The van der Waals surface area contributed by atoms with Crippen molar-refractivity contribution >= 4 is 11.6 Å². The molecular weight excluding hydrogens is 212 g/mol. The van der Waals surface area contributed by atoms with E-state index in [1.807, 2.05) is 0 Å². The maximum atomic E-state index is 4.35. The molecule has 0 amide bonds. The van der Waals surface area contributed by atoms with E-state index >= 15 is 0 Å². The topological polar surface area (TPSA) is 49.8 Å². The van der Waals surface area contributed by atoms with Crippen LogP contribution in [0, 0.1) is 0 Å². The van der Waals surface area contributed by atoms with Crippen LogP contribution in [0.2, 0.25) is 0 Å². The van der Waals surface area contributed by atoms with Gasteiger partial charge in [0.2, 0.25) is 0 Å². The van der Waals surface area contributed by atoms with Gasteiger partial charge in [-0.15, -0.1) is 0 Å². The molecule has 1 aromatic rings. The van der Waals surface area contributed by atoms with Gasteiger partial charge in [0.05, 0.1) is 0 Å². The third-order valence-electron chi connectivity index (χ3n) is 2.75. The van der Waals surface area contributed by atoms with Crippen molar-refractivity contribution in [3.63, 3.8) is 0 Å². The van der Waals surface area contributed by atoms with Crippen molar-refractivity contribution < 1.29 is 0 Å². The zero-order valence-electron chi connectivity index (χ0n) is 11.4. The normalized spacial score (nSPS) is 12.2. The van der Waals surface area contributed by atoms with Gasteiger partial charge in [0.1, 0.15) is 18.0 Å². The number of nitrogens with zero attached hydrogens (tertiary/aromatic N) is 2. The fourth-order valence-corrected chi connectivity index (χ4v) is 1.93. The third kappa shape index (κ3) is 3.88. The van der Waals surface area contributed by atoms with E-state index in [0.717, 1.165) is 31.0 Å². The Morgan fingerprint density at radius 3 is 2.47 bits per heavy atom. The lowest BCUT2D eigenvalue weighted by Crippen LogP contribution is -2.18. The zero-order chi connectivity index (χ0) is 12.7. The van der Waals surface area contributed by atoms with Crippen LogP contribution in [-0.4, -0.2) is 22.6 Å². The number of nitrogens with one attached hydrogen (secondary N) is 2. The van der Waals surface area contributed by atoms with E-state index in [1.165, 1.54) is 12.0 Å². The molecule has 1 aromatic heterocycles. The molecule has 0 aliphatic heterocycles. The van der Waals surface area contributed by atoms with Crippen LogP contribution >= 0.6 is 0 Å². The summed E-state index contributed by atoms with van der Waals surface area (Å²) in [4.78, 5) is 8.64. The van der Waals surface area contributed by atoms with Crippen LogP contribution in [0.25, 0.3) is 0 Å². The van der Waals surface area contributed by atoms with E-state index in [4.69, 9.17) is 0 Å². The molecule has 0 bridgehead atoms. The predicted octanol–water partition coefficient (Wildman–Crippen LogP) is 3.07. The molecule has 1 unspecified atom stereocenters. The van der Waals surface area contributed by atoms with E-state index in [-0.39, 0.29) is 0 Å². The Morgan fingerprint density at radius 2 is 1.88 bits per heavy atom. The Hall–Kier alpha value is -1.32. The molecule has 4 heteroatoms. The second-order valence-electron chi connectivity index (χ2n) is 4.27. The SMILES string of the molecule is CCCC(C)Nc1ncnc(NCC)c1CC. The molecule has 0 saturated carbocycles. The number of anilines is 2. The highest BCUT2D eigenvalue weighted by atomic mass is 15.1. The monoisotopic (exact) mass is 236 g/mol. The highest BCUT2D eigenvalue weighted by molar-refractivity contribution is 5.57. The first-order valence-electron chi connectivity index (χ1n) is 6.57. The summed E-state index contributed by atoms with van der Waals surface area (Å²) in [6.45, 7) is 9.48. The molecule has 4 nitrogen and oxygen atoms in total. The van der Waals surface area contributed by atoms with E-state index in [0.29, 0.717) is 6.04 Å². The van der Waals surface area contributed by atoms with Gasteiger partial charge < -0.3 is 10.6 Å². The van der Waals surface area contributed by atoms with Gasteiger partial charge >= 0.3 is 0 Å². The van der Waals surface area contributed by atoms with Crippen molar-refractivity contribution in [2.24, 2.45) is 0 Å². The highest BCUT2D eigenvalue weighted by Crippen LogP contribution is 2.21. The van der Waals surface area contributed by atoms with Gasteiger partial charge in [0, 0.05) is 18.2 Å².